The molecular formula is C21H19IN2O3S. The van der Waals surface area contributed by atoms with E-state index in [1.165, 1.54) is 12.1 Å². The van der Waals surface area contributed by atoms with Gasteiger partial charge in [-0.05, 0) is 85.0 Å². The molecule has 0 fully saturated rings. The second kappa shape index (κ2) is 8.32. The summed E-state index contributed by atoms with van der Waals surface area (Å²) >= 11 is 2.12. The highest BCUT2D eigenvalue weighted by Gasteiger charge is 2.15. The zero-order chi connectivity index (χ0) is 20.3. The van der Waals surface area contributed by atoms with Crippen LogP contribution in [0, 0.1) is 17.4 Å². The van der Waals surface area contributed by atoms with Crippen LogP contribution in [0.3, 0.4) is 0 Å². The second-order valence-electron chi connectivity index (χ2n) is 6.43. The number of anilines is 2. The molecular weight excluding hydrogens is 487 g/mol. The van der Waals surface area contributed by atoms with E-state index >= 15 is 0 Å². The molecule has 0 aliphatic carbocycles. The molecule has 0 radical (unpaired) electrons. The zero-order valence-electron chi connectivity index (χ0n) is 15.4. The summed E-state index contributed by atoms with van der Waals surface area (Å²) in [7, 11) is -3.70. The molecule has 28 heavy (non-hydrogen) atoms. The van der Waals surface area contributed by atoms with Gasteiger partial charge in [0.25, 0.3) is 15.9 Å². The molecule has 0 aromatic heterocycles. The van der Waals surface area contributed by atoms with Crippen LogP contribution in [0.25, 0.3) is 0 Å². The number of carbonyl (C=O) groups is 1. The molecule has 0 saturated carbocycles. The van der Waals surface area contributed by atoms with Crippen molar-refractivity contribution < 1.29 is 13.2 Å². The lowest BCUT2D eigenvalue weighted by Crippen LogP contribution is -2.15. The Labute approximate surface area is 178 Å². The fourth-order valence-electron chi connectivity index (χ4n) is 2.56. The molecule has 0 aliphatic rings. The van der Waals surface area contributed by atoms with Crippen LogP contribution < -0.4 is 10.0 Å². The lowest BCUT2D eigenvalue weighted by Gasteiger charge is -2.10. The summed E-state index contributed by atoms with van der Waals surface area (Å²) in [6.07, 6.45) is 0. The number of nitrogens with one attached hydrogen (secondary N) is 2. The smallest absolute Gasteiger partial charge is 0.261 e. The van der Waals surface area contributed by atoms with Crippen LogP contribution in [0.2, 0.25) is 0 Å². The van der Waals surface area contributed by atoms with E-state index in [4.69, 9.17) is 0 Å². The van der Waals surface area contributed by atoms with Gasteiger partial charge in [-0.3, -0.25) is 9.52 Å². The predicted molar refractivity (Wildman–Crippen MR) is 120 cm³/mol. The average Bonchev–Trinajstić information content (AvgIpc) is 2.64. The average molecular weight is 506 g/mol. The molecule has 0 spiro atoms. The van der Waals surface area contributed by atoms with Gasteiger partial charge in [-0.15, -0.1) is 0 Å². The summed E-state index contributed by atoms with van der Waals surface area (Å²) in [4.78, 5) is 12.6. The van der Waals surface area contributed by atoms with Gasteiger partial charge >= 0.3 is 0 Å². The summed E-state index contributed by atoms with van der Waals surface area (Å²) < 4.78 is 28.4. The van der Waals surface area contributed by atoms with Crippen molar-refractivity contribution in [2.24, 2.45) is 0 Å². The zero-order valence-corrected chi connectivity index (χ0v) is 18.3. The first-order valence-electron chi connectivity index (χ1n) is 8.52. The first-order valence-corrected chi connectivity index (χ1v) is 11.1. The summed E-state index contributed by atoms with van der Waals surface area (Å²) in [5.41, 5.74) is 3.72. The lowest BCUT2D eigenvalue weighted by molar-refractivity contribution is 0.102. The number of benzene rings is 3. The highest BCUT2D eigenvalue weighted by molar-refractivity contribution is 14.1. The van der Waals surface area contributed by atoms with Gasteiger partial charge in [0.15, 0.2) is 0 Å². The van der Waals surface area contributed by atoms with E-state index in [1.54, 1.807) is 30.3 Å². The molecule has 0 aliphatic heterocycles. The molecule has 3 rings (SSSR count). The minimum absolute atomic E-state index is 0.121. The van der Waals surface area contributed by atoms with E-state index in [9.17, 15) is 13.2 Å². The lowest BCUT2D eigenvalue weighted by atomic mass is 10.1. The largest absolute Gasteiger partial charge is 0.322 e. The maximum Gasteiger partial charge on any atom is 0.261 e. The minimum atomic E-state index is -3.70. The van der Waals surface area contributed by atoms with E-state index in [-0.39, 0.29) is 10.8 Å². The standard InChI is InChI=1S/C21H19IN2O3S/c1-14-3-6-17(7-4-14)24-28(26,27)18-10-8-16(9-11-18)23-21(25)19-12-5-15(2)13-20(19)22/h3-13,24H,1-2H3,(H,23,25). The molecule has 0 saturated heterocycles. The van der Waals surface area contributed by atoms with Crippen molar-refractivity contribution in [2.75, 3.05) is 10.0 Å². The molecule has 0 bridgehead atoms. The molecule has 0 heterocycles. The van der Waals surface area contributed by atoms with Crippen LogP contribution in [0.4, 0.5) is 11.4 Å². The molecule has 3 aromatic rings. The fraction of sp³-hybridized carbons (Fsp3) is 0.0952. The van der Waals surface area contributed by atoms with E-state index in [2.05, 4.69) is 32.6 Å². The van der Waals surface area contributed by atoms with E-state index in [0.29, 0.717) is 16.9 Å². The maximum atomic E-state index is 12.5. The van der Waals surface area contributed by atoms with Crippen molar-refractivity contribution in [1.29, 1.82) is 0 Å². The van der Waals surface area contributed by atoms with Crippen molar-refractivity contribution in [3.8, 4) is 0 Å². The monoisotopic (exact) mass is 506 g/mol. The first-order chi connectivity index (χ1) is 13.2. The van der Waals surface area contributed by atoms with Crippen LogP contribution >= 0.6 is 22.6 Å². The Hall–Kier alpha value is -2.39. The summed E-state index contributed by atoms with van der Waals surface area (Å²) in [5, 5.41) is 2.79. The van der Waals surface area contributed by atoms with Crippen LogP contribution in [-0.2, 0) is 10.0 Å². The molecule has 0 unspecified atom stereocenters. The van der Waals surface area contributed by atoms with Gasteiger partial charge in [0, 0.05) is 14.9 Å². The van der Waals surface area contributed by atoms with Crippen LogP contribution in [0.5, 0.6) is 0 Å². The van der Waals surface area contributed by atoms with E-state index in [1.807, 2.05) is 38.1 Å². The van der Waals surface area contributed by atoms with Gasteiger partial charge in [-0.2, -0.15) is 0 Å². The number of amides is 1. The maximum absolute atomic E-state index is 12.5. The molecule has 7 heteroatoms. The molecule has 2 N–H and O–H groups in total. The quantitative estimate of drug-likeness (QED) is 0.481. The normalized spacial score (nSPS) is 11.1. The molecule has 3 aromatic carbocycles. The van der Waals surface area contributed by atoms with Crippen molar-refractivity contribution in [3.63, 3.8) is 0 Å². The number of hydrogen-bond donors (Lipinski definition) is 2. The summed E-state index contributed by atoms with van der Waals surface area (Å²) in [5.74, 6) is -0.238. The topological polar surface area (TPSA) is 75.3 Å². The predicted octanol–water partition coefficient (Wildman–Crippen LogP) is 4.96. The van der Waals surface area contributed by atoms with Crippen molar-refractivity contribution in [1.82, 2.24) is 0 Å². The minimum Gasteiger partial charge on any atom is -0.322 e. The Morgan fingerprint density at radius 3 is 2.00 bits per heavy atom. The van der Waals surface area contributed by atoms with Gasteiger partial charge in [0.2, 0.25) is 0 Å². The Balaban J connectivity index is 1.73. The van der Waals surface area contributed by atoms with Gasteiger partial charge in [0.05, 0.1) is 10.5 Å². The Bertz CT molecular complexity index is 1110. The van der Waals surface area contributed by atoms with Crippen molar-refractivity contribution in [2.45, 2.75) is 18.7 Å². The van der Waals surface area contributed by atoms with Crippen LogP contribution in [0.1, 0.15) is 21.5 Å². The third kappa shape index (κ3) is 4.90. The van der Waals surface area contributed by atoms with Crippen molar-refractivity contribution >= 4 is 49.9 Å². The molecule has 144 valence electrons. The second-order valence-corrected chi connectivity index (χ2v) is 9.28. The van der Waals surface area contributed by atoms with E-state index < -0.39 is 10.0 Å². The number of hydrogen-bond acceptors (Lipinski definition) is 3. The number of halogens is 1. The van der Waals surface area contributed by atoms with Crippen molar-refractivity contribution in [3.05, 3.63) is 87.0 Å². The van der Waals surface area contributed by atoms with Gasteiger partial charge in [0.1, 0.15) is 0 Å². The van der Waals surface area contributed by atoms with Crippen LogP contribution in [-0.4, -0.2) is 14.3 Å². The van der Waals surface area contributed by atoms with E-state index in [0.717, 1.165) is 14.7 Å². The third-order valence-electron chi connectivity index (χ3n) is 4.10. The molecule has 5 nitrogen and oxygen atoms in total. The molecule has 0 atom stereocenters. The third-order valence-corrected chi connectivity index (χ3v) is 6.39. The first kappa shape index (κ1) is 20.3. The van der Waals surface area contributed by atoms with Crippen LogP contribution in [0.15, 0.2) is 71.6 Å². The SMILES string of the molecule is Cc1ccc(NS(=O)(=O)c2ccc(NC(=O)c3ccc(C)cc3I)cc2)cc1. The van der Waals surface area contributed by atoms with Gasteiger partial charge in [-0.1, -0.05) is 29.3 Å². The number of aryl methyl sites for hydroxylation is 2. The number of rotatable bonds is 5. The summed E-state index contributed by atoms with van der Waals surface area (Å²) in [6, 6.07) is 18.8. The Morgan fingerprint density at radius 2 is 1.39 bits per heavy atom. The van der Waals surface area contributed by atoms with Gasteiger partial charge in [-0.25, -0.2) is 8.42 Å². The molecule has 1 amide bonds. The number of carbonyl (C=O) groups excluding carboxylic acids is 1. The highest BCUT2D eigenvalue weighted by atomic mass is 127. The highest BCUT2D eigenvalue weighted by Crippen LogP contribution is 2.20. The summed E-state index contributed by atoms with van der Waals surface area (Å²) in [6.45, 7) is 3.90. The van der Waals surface area contributed by atoms with Gasteiger partial charge < -0.3 is 5.32 Å². The number of sulfonamides is 1. The fourth-order valence-corrected chi connectivity index (χ4v) is 4.53. The Kier molecular flexibility index (Phi) is 6.04. The Morgan fingerprint density at radius 1 is 0.821 bits per heavy atom.